The molecule has 2 aliphatic rings. The highest BCUT2D eigenvalue weighted by Gasteiger charge is 2.42. The number of nitrogens with one attached hydrogen (secondary N) is 1. The summed E-state index contributed by atoms with van der Waals surface area (Å²) in [6.07, 6.45) is 10.9. The maximum atomic E-state index is 6.33. The molecule has 4 heteroatoms. The first kappa shape index (κ1) is 14.3. The second kappa shape index (κ2) is 6.00. The minimum absolute atomic E-state index is 0.150. The van der Waals surface area contributed by atoms with E-state index < -0.39 is 0 Å². The van der Waals surface area contributed by atoms with Crippen LogP contribution in [0.5, 0.6) is 0 Å². The molecule has 1 saturated heterocycles. The number of hydrogen-bond acceptors (Lipinski definition) is 3. The molecule has 2 fully saturated rings. The lowest BCUT2D eigenvalue weighted by Crippen LogP contribution is -2.41. The fourth-order valence-corrected chi connectivity index (χ4v) is 4.24. The molecule has 3 nitrogen and oxygen atoms in total. The van der Waals surface area contributed by atoms with Crippen LogP contribution in [0.25, 0.3) is 0 Å². The molecule has 20 heavy (non-hydrogen) atoms. The van der Waals surface area contributed by atoms with E-state index in [0.29, 0.717) is 12.0 Å². The minimum Gasteiger partial charge on any atom is -0.375 e. The number of hydrogen-bond donors (Lipinski definition) is 1. The third-order valence-corrected chi connectivity index (χ3v) is 5.28. The van der Waals surface area contributed by atoms with E-state index in [0.717, 1.165) is 24.5 Å². The van der Waals surface area contributed by atoms with Crippen molar-refractivity contribution in [1.82, 2.24) is 10.3 Å². The monoisotopic (exact) mass is 294 g/mol. The summed E-state index contributed by atoms with van der Waals surface area (Å²) < 4.78 is 6.14. The Kier molecular flexibility index (Phi) is 4.29. The lowest BCUT2D eigenvalue weighted by Gasteiger charge is -2.41. The van der Waals surface area contributed by atoms with Crippen molar-refractivity contribution in [3.05, 3.63) is 29.0 Å². The van der Waals surface area contributed by atoms with Crippen LogP contribution < -0.4 is 5.32 Å². The number of ether oxygens (including phenoxy) is 1. The predicted octanol–water partition coefficient (Wildman–Crippen LogP) is 3.73. The normalized spacial score (nSPS) is 26.8. The van der Waals surface area contributed by atoms with Gasteiger partial charge in [0.1, 0.15) is 0 Å². The van der Waals surface area contributed by atoms with Gasteiger partial charge in [-0.15, -0.1) is 0 Å². The van der Waals surface area contributed by atoms with Gasteiger partial charge in [-0.1, -0.05) is 24.4 Å². The van der Waals surface area contributed by atoms with E-state index in [1.54, 1.807) is 6.20 Å². The lowest BCUT2D eigenvalue weighted by atomic mass is 9.78. The van der Waals surface area contributed by atoms with Gasteiger partial charge in [-0.2, -0.15) is 0 Å². The van der Waals surface area contributed by atoms with Gasteiger partial charge >= 0.3 is 0 Å². The van der Waals surface area contributed by atoms with Crippen LogP contribution in [0.3, 0.4) is 0 Å². The van der Waals surface area contributed by atoms with Crippen LogP contribution >= 0.6 is 11.6 Å². The lowest BCUT2D eigenvalue weighted by molar-refractivity contribution is -0.0978. The molecule has 2 atom stereocenters. The van der Waals surface area contributed by atoms with Crippen LogP contribution in [0, 0.1) is 5.92 Å². The maximum absolute atomic E-state index is 6.33. The van der Waals surface area contributed by atoms with Gasteiger partial charge in [-0.05, 0) is 50.3 Å². The van der Waals surface area contributed by atoms with E-state index in [9.17, 15) is 0 Å². The van der Waals surface area contributed by atoms with Gasteiger partial charge in [0.25, 0.3) is 0 Å². The summed E-state index contributed by atoms with van der Waals surface area (Å²) >= 11 is 6.33. The number of halogens is 1. The highest BCUT2D eigenvalue weighted by atomic mass is 35.5. The summed E-state index contributed by atoms with van der Waals surface area (Å²) in [5.41, 5.74) is 1.32. The van der Waals surface area contributed by atoms with E-state index in [1.165, 1.54) is 31.2 Å². The van der Waals surface area contributed by atoms with Crippen LogP contribution in [0.2, 0.25) is 5.02 Å². The van der Waals surface area contributed by atoms with E-state index >= 15 is 0 Å². The molecular weight excluding hydrogens is 272 g/mol. The molecule has 1 N–H and O–H groups in total. The first-order valence-electron chi connectivity index (χ1n) is 7.65. The molecule has 1 aliphatic carbocycles. The number of aromatic nitrogens is 1. The Balaban J connectivity index is 1.81. The molecular formula is C16H23ClN2O. The molecule has 0 radical (unpaired) electrons. The van der Waals surface area contributed by atoms with Gasteiger partial charge in [-0.3, -0.25) is 4.98 Å². The van der Waals surface area contributed by atoms with E-state index in [-0.39, 0.29) is 5.60 Å². The van der Waals surface area contributed by atoms with Crippen LogP contribution in [0.15, 0.2) is 18.5 Å². The largest absolute Gasteiger partial charge is 0.375 e. The molecule has 0 bridgehead atoms. The van der Waals surface area contributed by atoms with E-state index in [2.05, 4.69) is 10.3 Å². The van der Waals surface area contributed by atoms with Gasteiger partial charge in [0.05, 0.1) is 10.6 Å². The number of pyridine rings is 1. The Morgan fingerprint density at radius 2 is 2.25 bits per heavy atom. The SMILES string of the molecule is CNC(c1ccncc1Cl)C1CCOC2(CCCC2)C1. The molecule has 1 saturated carbocycles. The Morgan fingerprint density at radius 1 is 1.45 bits per heavy atom. The minimum atomic E-state index is 0.150. The van der Waals surface area contributed by atoms with Crippen LogP contribution in [-0.4, -0.2) is 24.2 Å². The Hall–Kier alpha value is -0.640. The summed E-state index contributed by atoms with van der Waals surface area (Å²) in [5, 5.41) is 4.23. The number of nitrogens with zero attached hydrogens (tertiary/aromatic N) is 1. The zero-order valence-corrected chi connectivity index (χ0v) is 12.8. The number of rotatable bonds is 3. The van der Waals surface area contributed by atoms with Crippen molar-refractivity contribution in [3.8, 4) is 0 Å². The summed E-state index contributed by atoms with van der Waals surface area (Å²) in [7, 11) is 2.03. The Morgan fingerprint density at radius 3 is 2.95 bits per heavy atom. The fourth-order valence-electron chi connectivity index (χ4n) is 4.00. The van der Waals surface area contributed by atoms with Crippen LogP contribution in [0.4, 0.5) is 0 Å². The molecule has 0 aromatic carbocycles. The first-order chi connectivity index (χ1) is 9.74. The molecule has 1 aromatic heterocycles. The van der Waals surface area contributed by atoms with Crippen molar-refractivity contribution in [1.29, 1.82) is 0 Å². The molecule has 0 amide bonds. The molecule has 1 aliphatic heterocycles. The summed E-state index contributed by atoms with van der Waals surface area (Å²) in [5.74, 6) is 0.590. The average Bonchev–Trinajstić information content (AvgIpc) is 2.90. The molecule has 2 heterocycles. The van der Waals surface area contributed by atoms with Gasteiger partial charge < -0.3 is 10.1 Å². The first-order valence-corrected chi connectivity index (χ1v) is 8.02. The highest BCUT2D eigenvalue weighted by molar-refractivity contribution is 6.31. The standard InChI is InChI=1S/C16H23ClN2O/c1-18-15(13-4-8-19-11-14(13)17)12-5-9-20-16(10-12)6-2-3-7-16/h4,8,11-12,15,18H,2-3,5-7,9-10H2,1H3. The topological polar surface area (TPSA) is 34.2 Å². The van der Waals surface area contributed by atoms with Crippen molar-refractivity contribution in [3.63, 3.8) is 0 Å². The zero-order chi connectivity index (χ0) is 14.0. The quantitative estimate of drug-likeness (QED) is 0.922. The fraction of sp³-hybridized carbons (Fsp3) is 0.688. The zero-order valence-electron chi connectivity index (χ0n) is 12.1. The van der Waals surface area contributed by atoms with Crippen molar-refractivity contribution in [2.75, 3.05) is 13.7 Å². The molecule has 2 unspecified atom stereocenters. The van der Waals surface area contributed by atoms with Crippen LogP contribution in [-0.2, 0) is 4.74 Å². The average molecular weight is 295 g/mol. The third-order valence-electron chi connectivity index (χ3n) is 4.97. The Bertz CT molecular complexity index is 460. The van der Waals surface area contributed by atoms with Crippen LogP contribution in [0.1, 0.15) is 50.1 Å². The van der Waals surface area contributed by atoms with Gasteiger partial charge in [0.2, 0.25) is 0 Å². The Labute approximate surface area is 126 Å². The van der Waals surface area contributed by atoms with E-state index in [1.807, 2.05) is 19.3 Å². The summed E-state index contributed by atoms with van der Waals surface area (Å²) in [4.78, 5) is 4.09. The summed E-state index contributed by atoms with van der Waals surface area (Å²) in [6.45, 7) is 0.881. The molecule has 1 aromatic rings. The highest BCUT2D eigenvalue weighted by Crippen LogP contribution is 2.45. The second-order valence-corrected chi connectivity index (χ2v) is 6.56. The molecule has 3 rings (SSSR count). The van der Waals surface area contributed by atoms with Gasteiger partial charge in [-0.25, -0.2) is 0 Å². The van der Waals surface area contributed by atoms with Crippen molar-refractivity contribution in [2.24, 2.45) is 5.92 Å². The maximum Gasteiger partial charge on any atom is 0.0686 e. The van der Waals surface area contributed by atoms with Crippen molar-refractivity contribution in [2.45, 2.75) is 50.2 Å². The van der Waals surface area contributed by atoms with Crippen molar-refractivity contribution < 1.29 is 4.74 Å². The summed E-state index contributed by atoms with van der Waals surface area (Å²) in [6, 6.07) is 2.34. The smallest absolute Gasteiger partial charge is 0.0686 e. The van der Waals surface area contributed by atoms with Gasteiger partial charge in [0, 0.05) is 25.0 Å². The molecule has 110 valence electrons. The van der Waals surface area contributed by atoms with Crippen molar-refractivity contribution >= 4 is 11.6 Å². The third kappa shape index (κ3) is 2.72. The van der Waals surface area contributed by atoms with Gasteiger partial charge in [0.15, 0.2) is 0 Å². The van der Waals surface area contributed by atoms with E-state index in [4.69, 9.17) is 16.3 Å². The second-order valence-electron chi connectivity index (χ2n) is 6.15. The predicted molar refractivity (Wildman–Crippen MR) is 80.9 cm³/mol. The molecule has 1 spiro atoms.